The van der Waals surface area contributed by atoms with Crippen LogP contribution in [-0.4, -0.2) is 121 Å². The zero-order chi connectivity index (χ0) is 57.6. The highest BCUT2D eigenvalue weighted by molar-refractivity contribution is 6.11. The molecule has 0 radical (unpaired) electrons. The fourth-order valence-electron chi connectivity index (χ4n) is 26.6. The Kier molecular flexibility index (Phi) is 11.6. The molecule has 2 aromatic rings. The number of aromatic hydroxyl groups is 2. The summed E-state index contributed by atoms with van der Waals surface area (Å²) in [4.78, 5) is 25.9. The van der Waals surface area contributed by atoms with Crippen LogP contribution in [-0.2, 0) is 14.2 Å². The number of Topliss-reactive ketones (excluding diaryl/α,β-unsaturated/α-hetero) is 1. The number of hydrogen-bond acceptors (Lipinski definition) is 14. The molecule has 0 unspecified atom stereocenters. The SMILES string of the molecule is CC(=O)c1c(C)c(O)c2cc(C(=O)O)cc(O[C@@H]3O[C@@H]4[C@H](O)C5(CCCC5)C[C@H]5O[C@@]4(C[C@@H]4C6=C5CC=C6[C@]5(CCO)COC[C@@H]6C[C@@]78C[C@]4(NN[C@H]7C4(CCCC4)[C@]4(CC7(CCCC7)C[C@]47CCC4(CCCC4)C7)C8)[C@@H]65)[C@H](O)[C@H]3O)c2c1O. The topological polar surface area (TPSA) is 237 Å². The molecule has 0 amide bonds. The van der Waals surface area contributed by atoms with Crippen LogP contribution >= 0.6 is 0 Å². The molecule has 2 aromatic carbocycles. The number of ether oxygens (including phenoxy) is 4. The number of carbonyl (C=O) groups excluding carboxylic acids is 1. The Hall–Kier alpha value is -3.64. The van der Waals surface area contributed by atoms with Crippen LogP contribution in [0, 0.1) is 68.0 Å². The second-order valence-electron chi connectivity index (χ2n) is 31.9. The number of aliphatic hydroxyl groups is 4. The van der Waals surface area contributed by atoms with Gasteiger partial charge in [0, 0.05) is 52.5 Å². The molecule has 9 N–H and O–H groups in total. The van der Waals surface area contributed by atoms with E-state index in [4.69, 9.17) is 18.9 Å². The Morgan fingerprint density at radius 2 is 1.50 bits per heavy atom. The number of phenolic OH excluding ortho intramolecular Hbond substituents is 2. The lowest BCUT2D eigenvalue weighted by Crippen LogP contribution is -2.82. The molecule has 4 saturated heterocycles. The average molecular weight is 1160 g/mol. The molecule has 15 nitrogen and oxygen atoms in total. The third kappa shape index (κ3) is 6.56. The first kappa shape index (κ1) is 54.5. The Morgan fingerprint density at radius 1 is 0.786 bits per heavy atom. The largest absolute Gasteiger partial charge is 0.507 e. The van der Waals surface area contributed by atoms with Crippen molar-refractivity contribution in [1.82, 2.24) is 10.9 Å². The van der Waals surface area contributed by atoms with Gasteiger partial charge in [-0.25, -0.2) is 4.79 Å². The highest BCUT2D eigenvalue weighted by atomic mass is 16.7. The highest BCUT2D eigenvalue weighted by Crippen LogP contribution is 2.88. The number of nitrogens with one attached hydrogen (secondary N) is 2. The van der Waals surface area contributed by atoms with Gasteiger partial charge in [-0.3, -0.25) is 15.6 Å². The third-order valence-electron chi connectivity index (χ3n) is 28.8. The number of hydrogen-bond donors (Lipinski definition) is 9. The maximum atomic E-state index is 13.6. The van der Waals surface area contributed by atoms with Crippen molar-refractivity contribution in [2.24, 2.45) is 61.1 Å². The lowest BCUT2D eigenvalue weighted by atomic mass is 9.38. The first-order valence-electron chi connectivity index (χ1n) is 33.3. The second-order valence-corrected chi connectivity index (χ2v) is 31.9. The van der Waals surface area contributed by atoms with Gasteiger partial charge in [0.25, 0.3) is 0 Å². The summed E-state index contributed by atoms with van der Waals surface area (Å²) in [5, 5.41) is 85.3. The van der Waals surface area contributed by atoms with Gasteiger partial charge in [-0.05, 0) is 215 Å². The Labute approximate surface area is 493 Å². The molecule has 10 aliphatic carbocycles. The van der Waals surface area contributed by atoms with E-state index < -0.39 is 82.0 Å². The van der Waals surface area contributed by atoms with E-state index in [0.717, 1.165) is 25.7 Å². The Bertz CT molecular complexity index is 3230. The molecule has 9 spiro atoms. The monoisotopic (exact) mass is 1150 g/mol. The van der Waals surface area contributed by atoms with E-state index in [1.165, 1.54) is 158 Å². The highest BCUT2D eigenvalue weighted by Gasteiger charge is 2.85. The van der Waals surface area contributed by atoms with Crippen molar-refractivity contribution in [1.29, 1.82) is 0 Å². The van der Waals surface area contributed by atoms with E-state index in [1.54, 1.807) is 0 Å². The van der Waals surface area contributed by atoms with E-state index in [0.29, 0.717) is 61.6 Å². The number of carboxylic acids is 1. The van der Waals surface area contributed by atoms with Crippen molar-refractivity contribution >= 4 is 22.5 Å². The summed E-state index contributed by atoms with van der Waals surface area (Å²) < 4.78 is 28.7. The van der Waals surface area contributed by atoms with E-state index in [-0.39, 0.29) is 86.3 Å². The summed E-state index contributed by atoms with van der Waals surface area (Å²) in [6.45, 7) is 3.91. The van der Waals surface area contributed by atoms with Gasteiger partial charge in [0.1, 0.15) is 41.2 Å². The number of allylic oxidation sites excluding steroid dienone is 1. The lowest BCUT2D eigenvalue weighted by molar-refractivity contribution is -0.340. The summed E-state index contributed by atoms with van der Waals surface area (Å²) in [5.74, 6) is -3.17. The van der Waals surface area contributed by atoms with Crippen LogP contribution in [0.15, 0.2) is 34.9 Å². The lowest BCUT2D eigenvalue weighted by Gasteiger charge is -2.72. The number of carboxylic acid groups (broad SMARTS) is 1. The van der Waals surface area contributed by atoms with Gasteiger partial charge >= 0.3 is 5.97 Å². The van der Waals surface area contributed by atoms with Gasteiger partial charge in [-0.2, -0.15) is 0 Å². The number of fused-ring (bicyclic) bond motifs is 7. The van der Waals surface area contributed by atoms with Crippen LogP contribution in [0.3, 0.4) is 0 Å². The number of ketones is 1. The molecule has 13 fully saturated rings. The summed E-state index contributed by atoms with van der Waals surface area (Å²) in [6.07, 6.45) is 25.6. The molecular weight excluding hydrogens is 1060 g/mol. The number of carbonyl (C=O) groups is 2. The number of benzene rings is 2. The Balaban J connectivity index is 0.827. The van der Waals surface area contributed by atoms with E-state index in [1.807, 2.05) is 0 Å². The second kappa shape index (κ2) is 17.8. The van der Waals surface area contributed by atoms with E-state index in [9.17, 15) is 45.3 Å². The molecular formula is C69H90N2O13. The van der Waals surface area contributed by atoms with Crippen LogP contribution in [0.4, 0.5) is 0 Å². The van der Waals surface area contributed by atoms with Crippen LogP contribution in [0.5, 0.6) is 17.2 Å². The quantitative estimate of drug-likeness (QED) is 0.0967. The van der Waals surface area contributed by atoms with Crippen molar-refractivity contribution in [2.75, 3.05) is 19.8 Å². The summed E-state index contributed by atoms with van der Waals surface area (Å²) in [5.41, 5.74) is 10.2. The van der Waals surface area contributed by atoms with Gasteiger partial charge in [0.05, 0.1) is 35.3 Å². The number of phenols is 2. The van der Waals surface area contributed by atoms with Crippen LogP contribution in [0.2, 0.25) is 0 Å². The first-order chi connectivity index (χ1) is 40.3. The maximum absolute atomic E-state index is 13.6. The predicted octanol–water partition coefficient (Wildman–Crippen LogP) is 10.1. The average Bonchev–Trinajstić information content (AvgIpc) is 1.42. The van der Waals surface area contributed by atoms with Crippen LogP contribution in [0.1, 0.15) is 213 Å². The number of rotatable bonds is 6. The maximum Gasteiger partial charge on any atom is 0.335 e. The van der Waals surface area contributed by atoms with Gasteiger partial charge in [-0.15, -0.1) is 0 Å². The first-order valence-corrected chi connectivity index (χ1v) is 33.3. The standard InChI is InChI=1S/C69H90N2O13/c1-37-47(38(2)73)51(75)49-42(50(37)74)25-39(57(79)80)26-45(49)82-58-52(76)54(77)69-28-44-48-41(46(84-69)29-62(17-7-8-18-62)55(78)56(69)83-58)11-12-43(48)65(23-24-72)36-81-30-40-27-63-34-67(66(19-9-10-20-66)59(63)70-71-68(44,35-63)53(40)65)33-61(15-5-6-16-61)32-64(67)22-21-60(31-64)13-3-4-14-60/h12,25-26,40,44,46,52-56,58-59,70-72,74-78H,3-11,13-24,27-36H2,1-2H3,(H,79,80)/t40-,44+,46+,52+,53-,54+,55-,56+,58+,59+,63+,64+,65-,67+,68+,69-/m0/s1. The van der Waals surface area contributed by atoms with Crippen LogP contribution in [0.25, 0.3) is 10.8 Å². The minimum atomic E-state index is -1.83. The molecule has 16 atom stereocenters. The Morgan fingerprint density at radius 3 is 2.23 bits per heavy atom. The molecule has 454 valence electrons. The molecule has 17 rings (SSSR count). The predicted molar refractivity (Wildman–Crippen MR) is 309 cm³/mol. The minimum absolute atomic E-state index is 0.0200. The van der Waals surface area contributed by atoms with Crippen molar-refractivity contribution in [3.05, 3.63) is 51.6 Å². The van der Waals surface area contributed by atoms with Crippen molar-refractivity contribution < 1.29 is 64.3 Å². The van der Waals surface area contributed by atoms with Gasteiger partial charge < -0.3 is 54.7 Å². The zero-order valence-corrected chi connectivity index (χ0v) is 49.5. The molecule has 5 aliphatic heterocycles. The van der Waals surface area contributed by atoms with Gasteiger partial charge in [0.15, 0.2) is 5.78 Å². The molecule has 4 bridgehead atoms. The van der Waals surface area contributed by atoms with Gasteiger partial charge in [-0.1, -0.05) is 57.4 Å². The molecule has 5 heterocycles. The summed E-state index contributed by atoms with van der Waals surface area (Å²) in [6, 6.07) is 2.64. The summed E-state index contributed by atoms with van der Waals surface area (Å²) >= 11 is 0. The molecule has 9 saturated carbocycles. The van der Waals surface area contributed by atoms with E-state index >= 15 is 0 Å². The van der Waals surface area contributed by atoms with E-state index in [2.05, 4.69) is 16.9 Å². The minimum Gasteiger partial charge on any atom is -0.507 e. The number of aliphatic hydroxyl groups excluding tert-OH is 4. The normalized spacial score (nSPS) is 45.4. The van der Waals surface area contributed by atoms with Crippen molar-refractivity contribution in [3.63, 3.8) is 0 Å². The molecule has 15 heteroatoms. The number of aromatic carboxylic acids is 1. The molecule has 15 aliphatic rings. The summed E-state index contributed by atoms with van der Waals surface area (Å²) in [7, 11) is 0. The fraction of sp³-hybridized carbons (Fsp3) is 0.768. The smallest absolute Gasteiger partial charge is 0.335 e. The fourth-order valence-corrected chi connectivity index (χ4v) is 26.6. The zero-order valence-electron chi connectivity index (χ0n) is 49.5. The van der Waals surface area contributed by atoms with Crippen molar-refractivity contribution in [2.45, 2.75) is 248 Å². The third-order valence-corrected chi connectivity index (χ3v) is 28.8. The van der Waals surface area contributed by atoms with Gasteiger partial charge in [0.2, 0.25) is 6.29 Å². The number of hydrazine groups is 1. The molecule has 0 aromatic heterocycles. The molecule has 84 heavy (non-hydrogen) atoms. The van der Waals surface area contributed by atoms with Crippen molar-refractivity contribution in [3.8, 4) is 17.2 Å². The van der Waals surface area contributed by atoms with Crippen LogP contribution < -0.4 is 15.6 Å².